The van der Waals surface area contributed by atoms with Crippen molar-refractivity contribution in [1.82, 2.24) is 4.90 Å². The van der Waals surface area contributed by atoms with Crippen molar-refractivity contribution in [2.45, 2.75) is 19.3 Å². The summed E-state index contributed by atoms with van der Waals surface area (Å²) in [6.07, 6.45) is 3.21. The average Bonchev–Trinajstić information content (AvgIpc) is 2.81. The number of halogens is 2. The van der Waals surface area contributed by atoms with Gasteiger partial charge in [-0.3, -0.25) is 14.4 Å². The minimum Gasteiger partial charge on any atom is -0.495 e. The zero-order valence-corrected chi connectivity index (χ0v) is 22.8. The molecule has 0 aliphatic carbocycles. The molecule has 0 saturated carbocycles. The first-order valence-electron chi connectivity index (χ1n) is 11.1. The van der Waals surface area contributed by atoms with Crippen molar-refractivity contribution >= 4 is 52.0 Å². The Hall–Kier alpha value is -2.20. The van der Waals surface area contributed by atoms with Gasteiger partial charge in [-0.05, 0) is 49.7 Å². The number of sulfonamides is 1. The van der Waals surface area contributed by atoms with Gasteiger partial charge in [-0.25, -0.2) is 8.42 Å². The molecule has 1 N–H and O–H groups in total. The summed E-state index contributed by atoms with van der Waals surface area (Å²) in [5, 5.41) is 0. The number of ether oxygens (including phenoxy) is 2. The van der Waals surface area contributed by atoms with Gasteiger partial charge in [-0.15, -0.1) is 24.8 Å². The molecule has 1 heterocycles. The van der Waals surface area contributed by atoms with E-state index in [0.29, 0.717) is 17.7 Å². The lowest BCUT2D eigenvalue weighted by atomic mass is 10.0. The van der Waals surface area contributed by atoms with E-state index in [0.717, 1.165) is 63.3 Å². The van der Waals surface area contributed by atoms with Crippen LogP contribution >= 0.6 is 24.8 Å². The van der Waals surface area contributed by atoms with Crippen LogP contribution in [0.3, 0.4) is 0 Å². The summed E-state index contributed by atoms with van der Waals surface area (Å²) in [4.78, 5) is 17.4. The number of carbonyl (C=O) groups excluding carboxylic acids is 1. The fraction of sp³-hybridized carbons (Fsp3) is 0.458. The van der Waals surface area contributed by atoms with Gasteiger partial charge in [-0.1, -0.05) is 12.1 Å². The van der Waals surface area contributed by atoms with Crippen molar-refractivity contribution < 1.29 is 22.7 Å². The normalized spacial score (nSPS) is 13.9. The van der Waals surface area contributed by atoms with E-state index in [9.17, 15) is 13.2 Å². The maximum atomic E-state index is 12.6. The first-order chi connectivity index (χ1) is 15.8. The number of benzene rings is 2. The monoisotopic (exact) mass is 547 g/mol. The lowest BCUT2D eigenvalue weighted by Crippen LogP contribution is -2.46. The summed E-state index contributed by atoms with van der Waals surface area (Å²) in [5.74, 6) is 1.28. The minimum atomic E-state index is -3.47. The number of nitrogens with one attached hydrogen (secondary N) is 1. The number of Topliss-reactive ketones (excluding diaryl/α,β-unsaturated/α-hetero) is 1. The number of anilines is 2. The summed E-state index contributed by atoms with van der Waals surface area (Å²) in [6.45, 7) is 4.80. The van der Waals surface area contributed by atoms with E-state index in [-0.39, 0.29) is 36.3 Å². The van der Waals surface area contributed by atoms with Gasteiger partial charge in [0.15, 0.2) is 5.78 Å². The molecule has 0 amide bonds. The minimum absolute atomic E-state index is 0. The standard InChI is InChI=1S/C24H33N3O5S.2ClH/c1-31-23-12-11-19(18-20(23)25-33(3,29)30)22(28)9-6-7-13-26-14-16-27(17-15-26)21-8-4-5-10-24(21)32-2;;/h4-5,8,10-12,18,25H,6-7,9,13-17H2,1-3H3;2*1H. The molecular formula is C24H35Cl2N3O5S. The molecule has 8 nitrogen and oxygen atoms in total. The molecule has 0 spiro atoms. The smallest absolute Gasteiger partial charge is 0.229 e. The number of carbonyl (C=O) groups is 1. The molecule has 2 aromatic rings. The summed E-state index contributed by atoms with van der Waals surface area (Å²) in [7, 11) is -0.310. The second kappa shape index (κ2) is 14.4. The molecule has 0 unspecified atom stereocenters. The Morgan fingerprint density at radius 3 is 2.23 bits per heavy atom. The highest BCUT2D eigenvalue weighted by Gasteiger charge is 2.19. The molecular weight excluding hydrogens is 513 g/mol. The molecule has 2 aromatic carbocycles. The highest BCUT2D eigenvalue weighted by Crippen LogP contribution is 2.29. The van der Waals surface area contributed by atoms with E-state index in [1.807, 2.05) is 18.2 Å². The van der Waals surface area contributed by atoms with Crippen LogP contribution in [0.2, 0.25) is 0 Å². The summed E-state index contributed by atoms with van der Waals surface area (Å²) in [5.41, 5.74) is 1.89. The average molecular weight is 549 g/mol. The van der Waals surface area contributed by atoms with Gasteiger partial charge in [0, 0.05) is 38.2 Å². The number of hydrogen-bond donors (Lipinski definition) is 1. The topological polar surface area (TPSA) is 88.2 Å². The molecule has 196 valence electrons. The predicted octanol–water partition coefficient (Wildman–Crippen LogP) is 4.09. The van der Waals surface area contributed by atoms with Crippen LogP contribution in [0.4, 0.5) is 11.4 Å². The van der Waals surface area contributed by atoms with Crippen LogP contribution < -0.4 is 19.1 Å². The van der Waals surface area contributed by atoms with Gasteiger partial charge in [-0.2, -0.15) is 0 Å². The maximum absolute atomic E-state index is 12.6. The number of rotatable bonds is 11. The van der Waals surface area contributed by atoms with Crippen LogP contribution in [0.1, 0.15) is 29.6 Å². The third-order valence-corrected chi connectivity index (χ3v) is 6.33. The lowest BCUT2D eigenvalue weighted by molar-refractivity contribution is 0.0977. The molecule has 35 heavy (non-hydrogen) atoms. The number of methoxy groups -OCH3 is 2. The van der Waals surface area contributed by atoms with Crippen molar-refractivity contribution in [1.29, 1.82) is 0 Å². The predicted molar refractivity (Wildman–Crippen MR) is 146 cm³/mol. The Labute approximate surface area is 220 Å². The largest absolute Gasteiger partial charge is 0.495 e. The van der Waals surface area contributed by atoms with Crippen LogP contribution in [0.25, 0.3) is 0 Å². The highest BCUT2D eigenvalue weighted by atomic mass is 35.5. The van der Waals surface area contributed by atoms with E-state index >= 15 is 0 Å². The molecule has 11 heteroatoms. The zero-order valence-electron chi connectivity index (χ0n) is 20.4. The van der Waals surface area contributed by atoms with Crippen LogP contribution in [0.5, 0.6) is 11.5 Å². The van der Waals surface area contributed by atoms with Gasteiger partial charge in [0.2, 0.25) is 10.0 Å². The van der Waals surface area contributed by atoms with E-state index in [4.69, 9.17) is 9.47 Å². The van der Waals surface area contributed by atoms with Gasteiger partial charge in [0.1, 0.15) is 11.5 Å². The first kappa shape index (κ1) is 30.8. The fourth-order valence-electron chi connectivity index (χ4n) is 4.03. The van der Waals surface area contributed by atoms with E-state index in [2.05, 4.69) is 20.6 Å². The number of piperazine rings is 1. The number of unbranched alkanes of at least 4 members (excludes halogenated alkanes) is 1. The van der Waals surface area contributed by atoms with Crippen molar-refractivity contribution in [3.8, 4) is 11.5 Å². The summed E-state index contributed by atoms with van der Waals surface area (Å²) >= 11 is 0. The van der Waals surface area contributed by atoms with E-state index in [1.165, 1.54) is 7.11 Å². The highest BCUT2D eigenvalue weighted by molar-refractivity contribution is 7.92. The molecule has 0 aromatic heterocycles. The molecule has 1 fully saturated rings. The second-order valence-electron chi connectivity index (χ2n) is 8.17. The lowest BCUT2D eigenvalue weighted by Gasteiger charge is -2.36. The van der Waals surface area contributed by atoms with E-state index in [1.54, 1.807) is 25.3 Å². The Morgan fingerprint density at radius 2 is 1.60 bits per heavy atom. The first-order valence-corrected chi connectivity index (χ1v) is 13.0. The SMILES string of the molecule is COc1ccc(C(=O)CCCCN2CCN(c3ccccc3OC)CC2)cc1NS(C)(=O)=O.Cl.Cl. The Kier molecular flexibility index (Phi) is 12.7. The second-order valence-corrected chi connectivity index (χ2v) is 9.92. The number of hydrogen-bond acceptors (Lipinski definition) is 7. The third-order valence-electron chi connectivity index (χ3n) is 5.74. The van der Waals surface area contributed by atoms with Crippen molar-refractivity contribution in [2.24, 2.45) is 0 Å². The molecule has 0 bridgehead atoms. The molecule has 1 aliphatic rings. The van der Waals surface area contributed by atoms with Gasteiger partial charge >= 0.3 is 0 Å². The molecule has 3 rings (SSSR count). The van der Waals surface area contributed by atoms with Crippen molar-refractivity contribution in [3.05, 3.63) is 48.0 Å². The van der Waals surface area contributed by atoms with Gasteiger partial charge in [0.25, 0.3) is 0 Å². The molecule has 1 aliphatic heterocycles. The van der Waals surface area contributed by atoms with Crippen LogP contribution in [0, 0.1) is 0 Å². The van der Waals surface area contributed by atoms with Crippen molar-refractivity contribution in [3.63, 3.8) is 0 Å². The molecule has 0 atom stereocenters. The fourth-order valence-corrected chi connectivity index (χ4v) is 4.59. The number of ketones is 1. The van der Waals surface area contributed by atoms with Crippen LogP contribution in [0.15, 0.2) is 42.5 Å². The van der Waals surface area contributed by atoms with Gasteiger partial charge < -0.3 is 14.4 Å². The quantitative estimate of drug-likeness (QED) is 0.334. The maximum Gasteiger partial charge on any atom is 0.229 e. The number of para-hydroxylation sites is 2. The van der Waals surface area contributed by atoms with Gasteiger partial charge in [0.05, 0.1) is 31.9 Å². The zero-order chi connectivity index (χ0) is 23.8. The van der Waals surface area contributed by atoms with Crippen LogP contribution in [-0.2, 0) is 10.0 Å². The Bertz CT molecular complexity index is 1060. The molecule has 0 radical (unpaired) electrons. The Balaban J connectivity index is 0.00000306. The summed E-state index contributed by atoms with van der Waals surface area (Å²) < 4.78 is 36.2. The number of nitrogens with zero attached hydrogens (tertiary/aromatic N) is 2. The Morgan fingerprint density at radius 1 is 0.943 bits per heavy atom. The van der Waals surface area contributed by atoms with Crippen molar-refractivity contribution in [2.75, 3.05) is 62.8 Å². The third kappa shape index (κ3) is 9.07. The van der Waals surface area contributed by atoms with Crippen LogP contribution in [-0.4, -0.2) is 72.3 Å². The van der Waals surface area contributed by atoms with E-state index < -0.39 is 10.0 Å². The summed E-state index contributed by atoms with van der Waals surface area (Å²) in [6, 6.07) is 12.9. The molecule has 1 saturated heterocycles.